The minimum absolute atomic E-state index is 0.203. The third kappa shape index (κ3) is 5.33. The summed E-state index contributed by atoms with van der Waals surface area (Å²) in [6.07, 6.45) is 0. The lowest BCUT2D eigenvalue weighted by Crippen LogP contribution is -2.15. The predicted octanol–water partition coefficient (Wildman–Crippen LogP) is 6.52. The van der Waals surface area contributed by atoms with Gasteiger partial charge >= 0.3 is 5.97 Å². The van der Waals surface area contributed by atoms with Gasteiger partial charge in [-0.05, 0) is 53.1 Å². The molecule has 4 aromatic carbocycles. The van der Waals surface area contributed by atoms with Crippen LogP contribution in [-0.4, -0.2) is 24.0 Å². The Morgan fingerprint density at radius 3 is 2.32 bits per heavy atom. The Hall–Kier alpha value is -4.97. The van der Waals surface area contributed by atoms with E-state index in [2.05, 4.69) is 10.3 Å². The number of methoxy groups -OCH3 is 1. The fraction of sp³-hybridized carbons (Fsp3) is 0.0645. The lowest BCUT2D eigenvalue weighted by Gasteiger charge is -2.14. The van der Waals surface area contributed by atoms with Gasteiger partial charge in [0.1, 0.15) is 18.2 Å². The van der Waals surface area contributed by atoms with Crippen LogP contribution in [0.15, 0.2) is 109 Å². The summed E-state index contributed by atoms with van der Waals surface area (Å²) < 4.78 is 10.9. The Balaban J connectivity index is 1.36. The summed E-state index contributed by atoms with van der Waals surface area (Å²) in [5.74, 6) is 0.122. The van der Waals surface area contributed by atoms with Gasteiger partial charge in [-0.1, -0.05) is 72.8 Å². The molecule has 0 fully saturated rings. The topological polar surface area (TPSA) is 77.5 Å². The Morgan fingerprint density at radius 1 is 0.811 bits per heavy atom. The van der Waals surface area contributed by atoms with Crippen molar-refractivity contribution < 1.29 is 19.1 Å². The van der Waals surface area contributed by atoms with Crippen molar-refractivity contribution in [2.75, 3.05) is 12.4 Å². The summed E-state index contributed by atoms with van der Waals surface area (Å²) in [6, 6.07) is 33.3. The molecule has 37 heavy (non-hydrogen) atoms. The number of nitrogens with one attached hydrogen (secondary N) is 1. The molecular weight excluding hydrogens is 464 g/mol. The Bertz CT molecular complexity index is 1570. The average molecular weight is 489 g/mol. The second-order valence-electron chi connectivity index (χ2n) is 8.37. The van der Waals surface area contributed by atoms with Gasteiger partial charge in [-0.15, -0.1) is 0 Å². The van der Waals surface area contributed by atoms with E-state index in [1.807, 2.05) is 78.9 Å². The molecule has 0 unspecified atom stereocenters. The monoisotopic (exact) mass is 488 g/mol. The molecular formula is C31H24N2O4. The zero-order chi connectivity index (χ0) is 25.6. The van der Waals surface area contributed by atoms with Crippen molar-refractivity contribution in [3.63, 3.8) is 0 Å². The molecule has 0 atom stereocenters. The summed E-state index contributed by atoms with van der Waals surface area (Å²) in [5.41, 5.74) is 4.09. The number of hydrogen-bond acceptors (Lipinski definition) is 5. The molecule has 0 aliphatic heterocycles. The minimum Gasteiger partial charge on any atom is -0.496 e. The van der Waals surface area contributed by atoms with Crippen LogP contribution in [0.3, 0.4) is 0 Å². The van der Waals surface area contributed by atoms with Crippen LogP contribution in [0, 0.1) is 0 Å². The van der Waals surface area contributed by atoms with E-state index in [9.17, 15) is 9.59 Å². The number of ether oxygens (including phenoxy) is 2. The molecule has 5 aromatic rings. The normalized spacial score (nSPS) is 10.6. The third-order valence-electron chi connectivity index (χ3n) is 5.94. The number of carbonyl (C=O) groups is 2. The highest BCUT2D eigenvalue weighted by molar-refractivity contribution is 6.10. The van der Waals surface area contributed by atoms with Crippen LogP contribution >= 0.6 is 0 Å². The highest BCUT2D eigenvalue weighted by Gasteiger charge is 2.19. The van der Waals surface area contributed by atoms with Crippen LogP contribution in [0.1, 0.15) is 26.3 Å². The van der Waals surface area contributed by atoms with Crippen LogP contribution in [0.5, 0.6) is 5.75 Å². The molecule has 1 N–H and O–H groups in total. The number of aromatic nitrogens is 1. The highest BCUT2D eigenvalue weighted by Crippen LogP contribution is 2.31. The number of hydrogen-bond donors (Lipinski definition) is 1. The van der Waals surface area contributed by atoms with E-state index in [1.54, 1.807) is 30.3 Å². The molecule has 0 aliphatic rings. The van der Waals surface area contributed by atoms with Crippen molar-refractivity contribution in [2.24, 2.45) is 0 Å². The van der Waals surface area contributed by atoms with Gasteiger partial charge in [0.05, 0.1) is 23.8 Å². The van der Waals surface area contributed by atoms with E-state index < -0.39 is 5.97 Å². The van der Waals surface area contributed by atoms with Crippen LogP contribution in [0.4, 0.5) is 5.82 Å². The first-order valence-electron chi connectivity index (χ1n) is 11.8. The van der Waals surface area contributed by atoms with Crippen molar-refractivity contribution in [1.29, 1.82) is 0 Å². The van der Waals surface area contributed by atoms with E-state index in [0.717, 1.165) is 22.1 Å². The Morgan fingerprint density at radius 2 is 1.57 bits per heavy atom. The van der Waals surface area contributed by atoms with Crippen LogP contribution < -0.4 is 10.1 Å². The van der Waals surface area contributed by atoms with Gasteiger partial charge < -0.3 is 14.8 Å². The van der Waals surface area contributed by atoms with Crippen molar-refractivity contribution in [1.82, 2.24) is 4.98 Å². The van der Waals surface area contributed by atoms with E-state index in [-0.39, 0.29) is 12.5 Å². The lowest BCUT2D eigenvalue weighted by atomic mass is 9.98. The highest BCUT2D eigenvalue weighted by atomic mass is 16.5. The first-order valence-corrected chi connectivity index (χ1v) is 11.8. The zero-order valence-corrected chi connectivity index (χ0v) is 20.2. The summed E-state index contributed by atoms with van der Waals surface area (Å²) in [7, 11) is 1.54. The molecule has 6 nitrogen and oxygen atoms in total. The van der Waals surface area contributed by atoms with Gasteiger partial charge in [0, 0.05) is 5.39 Å². The smallest absolute Gasteiger partial charge is 0.338 e. The van der Waals surface area contributed by atoms with Gasteiger partial charge in [-0.25, -0.2) is 9.78 Å². The molecule has 0 saturated carbocycles. The van der Waals surface area contributed by atoms with Crippen LogP contribution in [0.2, 0.25) is 0 Å². The summed E-state index contributed by atoms with van der Waals surface area (Å²) >= 11 is 0. The van der Waals surface area contributed by atoms with Gasteiger partial charge in [0.2, 0.25) is 0 Å². The number of esters is 1. The number of carbonyl (C=O) groups excluding carboxylic acids is 2. The second-order valence-corrected chi connectivity index (χ2v) is 8.37. The molecule has 6 heteroatoms. The van der Waals surface area contributed by atoms with Crippen LogP contribution in [-0.2, 0) is 11.3 Å². The van der Waals surface area contributed by atoms with Gasteiger partial charge in [0.25, 0.3) is 5.91 Å². The van der Waals surface area contributed by atoms with E-state index in [4.69, 9.17) is 9.47 Å². The maximum absolute atomic E-state index is 13.4. The van der Waals surface area contributed by atoms with E-state index in [1.165, 1.54) is 7.11 Å². The molecule has 5 rings (SSSR count). The molecule has 0 spiro atoms. The fourth-order valence-corrected chi connectivity index (χ4v) is 4.10. The van der Waals surface area contributed by atoms with Crippen molar-refractivity contribution in [3.05, 3.63) is 126 Å². The summed E-state index contributed by atoms with van der Waals surface area (Å²) in [6.45, 7) is 0.203. The summed E-state index contributed by atoms with van der Waals surface area (Å²) in [4.78, 5) is 30.5. The van der Waals surface area contributed by atoms with E-state index in [0.29, 0.717) is 28.2 Å². The number of rotatable bonds is 7. The predicted molar refractivity (Wildman–Crippen MR) is 144 cm³/mol. The molecule has 1 aromatic heterocycles. The van der Waals surface area contributed by atoms with Gasteiger partial charge in [-0.2, -0.15) is 0 Å². The van der Waals surface area contributed by atoms with Gasteiger partial charge in [0.15, 0.2) is 0 Å². The van der Waals surface area contributed by atoms with Gasteiger partial charge in [-0.3, -0.25) is 4.79 Å². The van der Waals surface area contributed by atoms with Crippen LogP contribution in [0.25, 0.3) is 22.0 Å². The minimum atomic E-state index is -0.409. The maximum atomic E-state index is 13.4. The molecule has 182 valence electrons. The third-order valence-corrected chi connectivity index (χ3v) is 5.94. The SMILES string of the molecule is COc1cccc(-c2ccccc2)c1C(=O)Nc1ccc2cc(C(=O)OCc3ccccc3)ccc2n1. The Labute approximate surface area is 214 Å². The molecule has 0 radical (unpaired) electrons. The van der Waals surface area contributed by atoms with E-state index >= 15 is 0 Å². The number of benzene rings is 4. The molecule has 1 heterocycles. The fourth-order valence-electron chi connectivity index (χ4n) is 4.10. The maximum Gasteiger partial charge on any atom is 0.338 e. The molecule has 0 bridgehead atoms. The lowest BCUT2D eigenvalue weighted by molar-refractivity contribution is 0.0473. The first-order chi connectivity index (χ1) is 18.1. The number of amides is 1. The Kier molecular flexibility index (Phi) is 6.90. The standard InChI is InChI=1S/C31H24N2O4/c1-36-27-14-8-13-25(22-11-6-3-7-12-22)29(27)30(34)33-28-18-16-23-19-24(15-17-26(23)32-28)31(35)37-20-21-9-4-2-5-10-21/h2-19H,20H2,1H3,(H,32,33,34). The number of pyridine rings is 1. The average Bonchev–Trinajstić information content (AvgIpc) is 2.96. The largest absolute Gasteiger partial charge is 0.496 e. The number of nitrogens with zero attached hydrogens (tertiary/aromatic N) is 1. The number of fused-ring (bicyclic) bond motifs is 1. The first kappa shape index (κ1) is 23.8. The summed E-state index contributed by atoms with van der Waals surface area (Å²) in [5, 5.41) is 3.65. The molecule has 0 saturated heterocycles. The van der Waals surface area contributed by atoms with Crippen molar-refractivity contribution >= 4 is 28.6 Å². The molecule has 1 amide bonds. The van der Waals surface area contributed by atoms with Crippen molar-refractivity contribution in [3.8, 4) is 16.9 Å². The van der Waals surface area contributed by atoms with Crippen molar-refractivity contribution in [2.45, 2.75) is 6.61 Å². The molecule has 0 aliphatic carbocycles. The second kappa shape index (κ2) is 10.7. The quantitative estimate of drug-likeness (QED) is 0.264. The number of anilines is 1. The zero-order valence-electron chi connectivity index (χ0n) is 20.2.